The van der Waals surface area contributed by atoms with E-state index in [9.17, 15) is 4.79 Å². The van der Waals surface area contributed by atoms with E-state index >= 15 is 0 Å². The second-order valence-electron chi connectivity index (χ2n) is 6.50. The van der Waals surface area contributed by atoms with Gasteiger partial charge in [-0.15, -0.1) is 0 Å². The SMILES string of the molecule is COc1ccc(-c2cc3c(cn2)CN(C(C)=O)c2cc(Cl)ccc2C=C3)cn1. The molecule has 0 aliphatic carbocycles. The number of methoxy groups -OCH3 is 1. The van der Waals surface area contributed by atoms with E-state index in [0.29, 0.717) is 17.4 Å². The summed E-state index contributed by atoms with van der Waals surface area (Å²) in [6.45, 7) is 1.98. The Bertz CT molecular complexity index is 1080. The zero-order valence-corrected chi connectivity index (χ0v) is 16.3. The van der Waals surface area contributed by atoms with Gasteiger partial charge in [0.25, 0.3) is 0 Å². The van der Waals surface area contributed by atoms with Crippen LogP contribution in [0.3, 0.4) is 0 Å². The fraction of sp³-hybridized carbons (Fsp3) is 0.136. The van der Waals surface area contributed by atoms with Gasteiger partial charge in [0.1, 0.15) is 0 Å². The highest BCUT2D eigenvalue weighted by Gasteiger charge is 2.19. The van der Waals surface area contributed by atoms with Crippen LogP contribution in [0.25, 0.3) is 23.4 Å². The molecule has 0 spiro atoms. The molecule has 0 fully saturated rings. The molecule has 2 aromatic heterocycles. The fourth-order valence-corrected chi connectivity index (χ4v) is 3.37. The number of anilines is 1. The third-order valence-corrected chi connectivity index (χ3v) is 4.93. The Balaban J connectivity index is 1.79. The molecule has 0 saturated carbocycles. The average Bonchev–Trinajstić information content (AvgIpc) is 2.70. The summed E-state index contributed by atoms with van der Waals surface area (Å²) in [5.74, 6) is 0.510. The number of aromatic nitrogens is 2. The van der Waals surface area contributed by atoms with Gasteiger partial charge in [-0.2, -0.15) is 0 Å². The van der Waals surface area contributed by atoms with Crippen molar-refractivity contribution in [2.75, 3.05) is 12.0 Å². The van der Waals surface area contributed by atoms with E-state index in [2.05, 4.69) is 9.97 Å². The van der Waals surface area contributed by atoms with Crippen LogP contribution in [0.1, 0.15) is 23.6 Å². The summed E-state index contributed by atoms with van der Waals surface area (Å²) in [4.78, 5) is 22.9. The standard InChI is InChI=1S/C22H18ClN3O2/c1-14(27)26-13-18-12-24-20(17-6-8-22(28-2)25-11-17)9-16(18)4-3-15-5-7-19(23)10-21(15)26/h3-12H,13H2,1-2H3. The zero-order valence-electron chi connectivity index (χ0n) is 15.5. The average molecular weight is 392 g/mol. The molecule has 5 nitrogen and oxygen atoms in total. The van der Waals surface area contributed by atoms with Gasteiger partial charge in [0, 0.05) is 36.0 Å². The minimum atomic E-state index is -0.0480. The molecule has 3 heterocycles. The van der Waals surface area contributed by atoms with Crippen LogP contribution in [-0.2, 0) is 11.3 Å². The van der Waals surface area contributed by atoms with Gasteiger partial charge in [0.2, 0.25) is 11.8 Å². The molecule has 0 atom stereocenters. The lowest BCUT2D eigenvalue weighted by Gasteiger charge is -2.26. The van der Waals surface area contributed by atoms with Crippen LogP contribution in [0, 0.1) is 0 Å². The van der Waals surface area contributed by atoms with Crippen LogP contribution in [0.5, 0.6) is 5.88 Å². The van der Waals surface area contributed by atoms with Crippen LogP contribution >= 0.6 is 11.6 Å². The molecule has 1 aliphatic heterocycles. The summed E-state index contributed by atoms with van der Waals surface area (Å²) in [5.41, 5.74) is 5.41. The molecule has 28 heavy (non-hydrogen) atoms. The van der Waals surface area contributed by atoms with E-state index in [0.717, 1.165) is 33.6 Å². The minimum absolute atomic E-state index is 0.0480. The summed E-state index contributed by atoms with van der Waals surface area (Å²) >= 11 is 6.16. The molecular formula is C22H18ClN3O2. The summed E-state index contributed by atoms with van der Waals surface area (Å²) in [7, 11) is 1.59. The molecular weight excluding hydrogens is 374 g/mol. The third-order valence-electron chi connectivity index (χ3n) is 4.70. The highest BCUT2D eigenvalue weighted by atomic mass is 35.5. The number of fused-ring (bicyclic) bond motifs is 2. The second kappa shape index (κ2) is 7.44. The maximum Gasteiger partial charge on any atom is 0.224 e. The largest absolute Gasteiger partial charge is 0.481 e. The van der Waals surface area contributed by atoms with Crippen molar-refractivity contribution in [1.82, 2.24) is 9.97 Å². The van der Waals surface area contributed by atoms with Crippen molar-refractivity contribution in [2.24, 2.45) is 0 Å². The maximum absolute atomic E-state index is 12.3. The van der Waals surface area contributed by atoms with Gasteiger partial charge in [-0.05, 0) is 41.0 Å². The molecule has 0 N–H and O–H groups in total. The van der Waals surface area contributed by atoms with Gasteiger partial charge in [-0.25, -0.2) is 4.98 Å². The van der Waals surface area contributed by atoms with Crippen molar-refractivity contribution in [2.45, 2.75) is 13.5 Å². The van der Waals surface area contributed by atoms with Gasteiger partial charge in [0.05, 0.1) is 25.0 Å². The molecule has 0 unspecified atom stereocenters. The van der Waals surface area contributed by atoms with Crippen molar-refractivity contribution in [3.05, 3.63) is 70.5 Å². The summed E-state index contributed by atoms with van der Waals surface area (Å²) in [6, 6.07) is 11.3. The number of ether oxygens (including phenoxy) is 1. The van der Waals surface area contributed by atoms with Crippen molar-refractivity contribution in [1.29, 1.82) is 0 Å². The summed E-state index contributed by atoms with van der Waals surface area (Å²) in [5, 5.41) is 0.597. The maximum atomic E-state index is 12.3. The van der Waals surface area contributed by atoms with Crippen LogP contribution in [0.2, 0.25) is 5.02 Å². The van der Waals surface area contributed by atoms with Gasteiger partial charge < -0.3 is 9.64 Å². The minimum Gasteiger partial charge on any atom is -0.481 e. The number of hydrogen-bond acceptors (Lipinski definition) is 4. The van der Waals surface area contributed by atoms with E-state index in [1.54, 1.807) is 31.2 Å². The number of carbonyl (C=O) groups is 1. The normalized spacial score (nSPS) is 12.6. The van der Waals surface area contributed by atoms with Gasteiger partial charge >= 0.3 is 0 Å². The van der Waals surface area contributed by atoms with E-state index in [1.807, 2.05) is 48.7 Å². The molecule has 4 rings (SSSR count). The Morgan fingerprint density at radius 3 is 2.61 bits per heavy atom. The smallest absolute Gasteiger partial charge is 0.224 e. The molecule has 1 aromatic carbocycles. The topological polar surface area (TPSA) is 55.3 Å². The first kappa shape index (κ1) is 18.2. The lowest BCUT2D eigenvalue weighted by atomic mass is 10.0. The number of nitrogens with zero attached hydrogens (tertiary/aromatic N) is 3. The molecule has 1 aliphatic rings. The van der Waals surface area contributed by atoms with Gasteiger partial charge in [-0.3, -0.25) is 9.78 Å². The van der Waals surface area contributed by atoms with E-state index in [4.69, 9.17) is 16.3 Å². The summed E-state index contributed by atoms with van der Waals surface area (Å²) < 4.78 is 5.11. The Hall–Kier alpha value is -3.18. The Morgan fingerprint density at radius 2 is 1.89 bits per heavy atom. The molecule has 1 amide bonds. The second-order valence-corrected chi connectivity index (χ2v) is 6.94. The molecule has 0 saturated heterocycles. The third kappa shape index (κ3) is 3.49. The monoisotopic (exact) mass is 391 g/mol. The Labute approximate surface area is 168 Å². The number of amides is 1. The lowest BCUT2D eigenvalue weighted by Crippen LogP contribution is -2.29. The van der Waals surface area contributed by atoms with Gasteiger partial charge in [-0.1, -0.05) is 29.8 Å². The van der Waals surface area contributed by atoms with Crippen molar-refractivity contribution < 1.29 is 9.53 Å². The number of hydrogen-bond donors (Lipinski definition) is 0. The first-order valence-corrected chi connectivity index (χ1v) is 9.18. The molecule has 6 heteroatoms. The first-order valence-electron chi connectivity index (χ1n) is 8.80. The Morgan fingerprint density at radius 1 is 1.07 bits per heavy atom. The van der Waals surface area contributed by atoms with E-state index < -0.39 is 0 Å². The van der Waals surface area contributed by atoms with Crippen LogP contribution in [0.15, 0.2) is 48.8 Å². The van der Waals surface area contributed by atoms with Crippen molar-refractivity contribution >= 4 is 35.3 Å². The first-order chi connectivity index (χ1) is 13.5. The zero-order chi connectivity index (χ0) is 19.7. The Kier molecular flexibility index (Phi) is 4.84. The molecule has 0 radical (unpaired) electrons. The fourth-order valence-electron chi connectivity index (χ4n) is 3.20. The van der Waals surface area contributed by atoms with Crippen molar-refractivity contribution in [3.63, 3.8) is 0 Å². The lowest BCUT2D eigenvalue weighted by molar-refractivity contribution is -0.116. The summed E-state index contributed by atoms with van der Waals surface area (Å²) in [6.07, 6.45) is 7.58. The van der Waals surface area contributed by atoms with Crippen molar-refractivity contribution in [3.8, 4) is 17.1 Å². The highest BCUT2D eigenvalue weighted by Crippen LogP contribution is 2.32. The van der Waals surface area contributed by atoms with Crippen LogP contribution in [0.4, 0.5) is 5.69 Å². The number of pyridine rings is 2. The number of halogens is 1. The van der Waals surface area contributed by atoms with Crippen LogP contribution in [-0.4, -0.2) is 23.0 Å². The van der Waals surface area contributed by atoms with Gasteiger partial charge in [0.15, 0.2) is 0 Å². The number of rotatable bonds is 2. The number of carbonyl (C=O) groups excluding carboxylic acids is 1. The predicted octanol–water partition coefficient (Wildman–Crippen LogP) is 4.84. The molecule has 3 aromatic rings. The number of benzene rings is 1. The highest BCUT2D eigenvalue weighted by molar-refractivity contribution is 6.31. The predicted molar refractivity (Wildman–Crippen MR) is 111 cm³/mol. The van der Waals surface area contributed by atoms with E-state index in [-0.39, 0.29) is 5.91 Å². The van der Waals surface area contributed by atoms with Crippen LogP contribution < -0.4 is 9.64 Å². The molecule has 140 valence electrons. The quantitative estimate of drug-likeness (QED) is 0.627. The molecule has 0 bridgehead atoms. The van der Waals surface area contributed by atoms with E-state index in [1.165, 1.54) is 0 Å².